The molecule has 1 aromatic heterocycles. The van der Waals surface area contributed by atoms with Crippen LogP contribution in [-0.2, 0) is 7.05 Å². The fourth-order valence-corrected chi connectivity index (χ4v) is 2.10. The van der Waals surface area contributed by atoms with Gasteiger partial charge in [-0.15, -0.1) is 0 Å². The van der Waals surface area contributed by atoms with Crippen molar-refractivity contribution in [2.75, 3.05) is 11.1 Å². The second-order valence-corrected chi connectivity index (χ2v) is 4.64. The Hall–Kier alpha value is -1.76. The molecule has 1 heterocycles. The Balaban J connectivity index is 2.26. The quantitative estimate of drug-likeness (QED) is 0.838. The Bertz CT molecular complexity index is 542. The van der Waals surface area contributed by atoms with E-state index in [4.69, 9.17) is 5.73 Å². The molecule has 18 heavy (non-hydrogen) atoms. The zero-order chi connectivity index (χ0) is 13.1. The third-order valence-corrected chi connectivity index (χ3v) is 3.00. The lowest BCUT2D eigenvalue weighted by Gasteiger charge is -2.09. The zero-order valence-electron chi connectivity index (χ0n) is 9.60. The van der Waals surface area contributed by atoms with Gasteiger partial charge in [0.1, 0.15) is 0 Å². The summed E-state index contributed by atoms with van der Waals surface area (Å²) in [4.78, 5) is 0.456. The van der Waals surface area contributed by atoms with Gasteiger partial charge >= 0.3 is 0 Å². The second-order valence-electron chi connectivity index (χ2n) is 3.61. The molecule has 0 aliphatic rings. The van der Waals surface area contributed by atoms with Crippen molar-refractivity contribution >= 4 is 29.0 Å². The minimum absolute atomic E-state index is 0.456. The maximum Gasteiger partial charge on any atom is 0.288 e. The number of halogens is 2. The number of nitrogen functional groups attached to an aromatic ring is 1. The summed E-state index contributed by atoms with van der Waals surface area (Å²) in [6.07, 6.45) is 1.64. The maximum absolute atomic E-state index is 12.4. The van der Waals surface area contributed by atoms with Gasteiger partial charge in [-0.25, -0.2) is 0 Å². The van der Waals surface area contributed by atoms with Crippen LogP contribution in [-0.4, -0.2) is 15.5 Å². The number of hydrogen-bond acceptors (Lipinski definition) is 4. The summed E-state index contributed by atoms with van der Waals surface area (Å²) in [5.74, 6) is -2.01. The predicted octanol–water partition coefficient (Wildman–Crippen LogP) is 3.06. The molecular formula is C11H12F2N4S. The van der Waals surface area contributed by atoms with Gasteiger partial charge in [0.15, 0.2) is 5.82 Å². The van der Waals surface area contributed by atoms with Gasteiger partial charge in [0.2, 0.25) is 0 Å². The fraction of sp³-hybridized carbons (Fsp3) is 0.182. The van der Waals surface area contributed by atoms with Crippen molar-refractivity contribution in [1.82, 2.24) is 9.78 Å². The van der Waals surface area contributed by atoms with Gasteiger partial charge in [-0.3, -0.25) is 4.68 Å². The maximum atomic E-state index is 12.4. The molecule has 3 N–H and O–H groups in total. The van der Waals surface area contributed by atoms with E-state index in [0.29, 0.717) is 33.9 Å². The molecule has 0 aliphatic heterocycles. The normalized spacial score (nSPS) is 10.9. The van der Waals surface area contributed by atoms with E-state index in [1.807, 2.05) is 0 Å². The summed E-state index contributed by atoms with van der Waals surface area (Å²) >= 11 is 0.486. The van der Waals surface area contributed by atoms with Gasteiger partial charge in [-0.2, -0.15) is 13.9 Å². The van der Waals surface area contributed by atoms with E-state index in [1.165, 1.54) is 0 Å². The van der Waals surface area contributed by atoms with E-state index in [0.717, 1.165) is 0 Å². The van der Waals surface area contributed by atoms with Crippen molar-refractivity contribution in [3.8, 4) is 0 Å². The number of alkyl halides is 2. The topological polar surface area (TPSA) is 55.9 Å². The number of anilines is 3. The largest absolute Gasteiger partial charge is 0.394 e. The van der Waals surface area contributed by atoms with Crippen LogP contribution in [0.5, 0.6) is 0 Å². The van der Waals surface area contributed by atoms with Gasteiger partial charge in [-0.1, -0.05) is 23.9 Å². The van der Waals surface area contributed by atoms with Crippen LogP contribution in [0.15, 0.2) is 35.4 Å². The van der Waals surface area contributed by atoms with Gasteiger partial charge in [0, 0.05) is 18.1 Å². The van der Waals surface area contributed by atoms with Crippen molar-refractivity contribution in [2.45, 2.75) is 10.7 Å². The first-order chi connectivity index (χ1) is 8.56. The fourth-order valence-electron chi connectivity index (χ4n) is 1.50. The smallest absolute Gasteiger partial charge is 0.288 e. The highest BCUT2D eigenvalue weighted by atomic mass is 32.2. The highest BCUT2D eigenvalue weighted by Gasteiger charge is 2.11. The van der Waals surface area contributed by atoms with Crippen LogP contribution in [0.1, 0.15) is 0 Å². The summed E-state index contributed by atoms with van der Waals surface area (Å²) in [7, 11) is 1.74. The number of aryl methyl sites for hydroxylation is 1. The first-order valence-corrected chi connectivity index (χ1v) is 6.04. The molecule has 7 heteroatoms. The molecule has 1 aromatic carbocycles. The standard InChI is InChI=1S/C11H12F2N4S/c1-17-6-7(14)10(16-17)15-8-4-2-3-5-9(8)18-11(12)13/h2-6,11H,14H2,1H3,(H,15,16). The van der Waals surface area contributed by atoms with E-state index in [9.17, 15) is 8.78 Å². The molecule has 0 saturated carbocycles. The number of nitrogens with two attached hydrogens (primary N) is 1. The number of rotatable bonds is 4. The molecule has 96 valence electrons. The minimum Gasteiger partial charge on any atom is -0.394 e. The van der Waals surface area contributed by atoms with Crippen LogP contribution in [0, 0.1) is 0 Å². The van der Waals surface area contributed by atoms with Crippen LogP contribution in [0.4, 0.5) is 26.0 Å². The lowest BCUT2D eigenvalue weighted by atomic mass is 10.3. The summed E-state index contributed by atoms with van der Waals surface area (Å²) < 4.78 is 26.4. The van der Waals surface area contributed by atoms with E-state index >= 15 is 0 Å². The molecule has 0 radical (unpaired) electrons. The number of nitrogens with one attached hydrogen (secondary N) is 1. The van der Waals surface area contributed by atoms with Crippen LogP contribution >= 0.6 is 11.8 Å². The molecule has 0 spiro atoms. The van der Waals surface area contributed by atoms with E-state index in [-0.39, 0.29) is 0 Å². The molecule has 4 nitrogen and oxygen atoms in total. The van der Waals surface area contributed by atoms with E-state index in [2.05, 4.69) is 10.4 Å². The Kier molecular flexibility index (Phi) is 3.71. The Morgan fingerprint density at radius 1 is 1.39 bits per heavy atom. The molecule has 0 fully saturated rings. The lowest BCUT2D eigenvalue weighted by molar-refractivity contribution is 0.252. The molecule has 0 saturated heterocycles. The predicted molar refractivity (Wildman–Crippen MR) is 69.2 cm³/mol. The van der Waals surface area contributed by atoms with Crippen molar-refractivity contribution in [3.63, 3.8) is 0 Å². The SMILES string of the molecule is Cn1cc(N)c(Nc2ccccc2SC(F)F)n1. The Labute approximate surface area is 107 Å². The molecule has 0 amide bonds. The summed E-state index contributed by atoms with van der Waals surface area (Å²) in [6.45, 7) is 0. The molecule has 0 bridgehead atoms. The van der Waals surface area contributed by atoms with Gasteiger partial charge < -0.3 is 11.1 Å². The first-order valence-electron chi connectivity index (χ1n) is 5.16. The van der Waals surface area contributed by atoms with Crippen molar-refractivity contribution in [1.29, 1.82) is 0 Å². The van der Waals surface area contributed by atoms with Crippen molar-refractivity contribution < 1.29 is 8.78 Å². The number of nitrogens with zero attached hydrogens (tertiary/aromatic N) is 2. The molecule has 2 rings (SSSR count). The van der Waals surface area contributed by atoms with Gasteiger partial charge in [-0.05, 0) is 12.1 Å². The average Bonchev–Trinajstić information content (AvgIpc) is 2.59. The molecule has 0 atom stereocenters. The average molecular weight is 270 g/mol. The zero-order valence-corrected chi connectivity index (χ0v) is 10.4. The number of benzene rings is 1. The first kappa shape index (κ1) is 12.7. The van der Waals surface area contributed by atoms with Crippen LogP contribution < -0.4 is 11.1 Å². The monoisotopic (exact) mass is 270 g/mol. The highest BCUT2D eigenvalue weighted by molar-refractivity contribution is 7.99. The summed E-state index contributed by atoms with van der Waals surface area (Å²) in [5.41, 5.74) is 6.77. The van der Waals surface area contributed by atoms with Crippen molar-refractivity contribution in [2.24, 2.45) is 7.05 Å². The third kappa shape index (κ3) is 2.92. The summed E-state index contributed by atoms with van der Waals surface area (Å²) in [5, 5.41) is 7.07. The Morgan fingerprint density at radius 2 is 2.11 bits per heavy atom. The van der Waals surface area contributed by atoms with Crippen molar-refractivity contribution in [3.05, 3.63) is 30.5 Å². The lowest BCUT2D eigenvalue weighted by Crippen LogP contribution is -1.97. The van der Waals surface area contributed by atoms with Crippen LogP contribution in [0.25, 0.3) is 0 Å². The highest BCUT2D eigenvalue weighted by Crippen LogP contribution is 2.33. The second kappa shape index (κ2) is 5.26. The minimum atomic E-state index is -2.46. The van der Waals surface area contributed by atoms with Crippen LogP contribution in [0.3, 0.4) is 0 Å². The third-order valence-electron chi connectivity index (χ3n) is 2.21. The van der Waals surface area contributed by atoms with Crippen LogP contribution in [0.2, 0.25) is 0 Å². The molecular weight excluding hydrogens is 258 g/mol. The number of thioether (sulfide) groups is 1. The van der Waals surface area contributed by atoms with Gasteiger partial charge in [0.05, 0.1) is 11.4 Å². The molecule has 0 aliphatic carbocycles. The number of hydrogen-bond donors (Lipinski definition) is 2. The summed E-state index contributed by atoms with van der Waals surface area (Å²) in [6, 6.07) is 6.80. The van der Waals surface area contributed by atoms with E-state index < -0.39 is 5.76 Å². The van der Waals surface area contributed by atoms with Gasteiger partial charge in [0.25, 0.3) is 5.76 Å². The molecule has 0 unspecified atom stereocenters. The van der Waals surface area contributed by atoms with E-state index in [1.54, 1.807) is 42.2 Å². The number of aromatic nitrogens is 2. The Morgan fingerprint density at radius 3 is 2.72 bits per heavy atom. The number of para-hydroxylation sites is 1. The molecule has 2 aromatic rings.